The molecule has 1 heterocycles. The summed E-state index contributed by atoms with van der Waals surface area (Å²) in [5, 5.41) is 9.24. The number of nitrogens with zero attached hydrogens (tertiary/aromatic N) is 3. The molecule has 0 spiro atoms. The summed E-state index contributed by atoms with van der Waals surface area (Å²) in [5.41, 5.74) is 1.78. The summed E-state index contributed by atoms with van der Waals surface area (Å²) in [6.45, 7) is 2.70. The van der Waals surface area contributed by atoms with Crippen LogP contribution >= 0.6 is 11.8 Å². The lowest BCUT2D eigenvalue weighted by Crippen LogP contribution is -2.11. The first-order chi connectivity index (χ1) is 12.9. The van der Waals surface area contributed by atoms with E-state index in [-0.39, 0.29) is 4.90 Å². The second kappa shape index (κ2) is 8.18. The van der Waals surface area contributed by atoms with Crippen molar-refractivity contribution in [3.63, 3.8) is 0 Å². The molecule has 0 amide bonds. The average Bonchev–Trinajstić information content (AvgIpc) is 3.10. The number of alkyl halides is 2. The maximum atomic E-state index is 12.6. The standard InChI is InChI=1S/C18H17F2N3O2S2/c1-2-23-16(14-6-4-3-5-7-14)21-22-18(23)26-12-13-8-10-15(11-9-13)27(24,25)17(19)20/h3-11,17H,2,12H2,1H3. The highest BCUT2D eigenvalue weighted by Crippen LogP contribution is 2.27. The van der Waals surface area contributed by atoms with Gasteiger partial charge in [-0.05, 0) is 24.6 Å². The molecule has 0 unspecified atom stereocenters. The lowest BCUT2D eigenvalue weighted by Gasteiger charge is -2.08. The molecule has 0 fully saturated rings. The van der Waals surface area contributed by atoms with Gasteiger partial charge < -0.3 is 4.57 Å². The summed E-state index contributed by atoms with van der Waals surface area (Å²) >= 11 is 1.45. The van der Waals surface area contributed by atoms with Crippen LogP contribution in [-0.2, 0) is 22.1 Å². The highest BCUT2D eigenvalue weighted by molar-refractivity contribution is 7.98. The van der Waals surface area contributed by atoms with E-state index in [1.807, 2.05) is 41.8 Å². The summed E-state index contributed by atoms with van der Waals surface area (Å²) in [6.07, 6.45) is 0. The van der Waals surface area contributed by atoms with Crippen molar-refractivity contribution in [1.29, 1.82) is 0 Å². The Hall–Kier alpha value is -2.26. The zero-order valence-electron chi connectivity index (χ0n) is 14.4. The van der Waals surface area contributed by atoms with E-state index in [1.54, 1.807) is 0 Å². The Bertz CT molecular complexity index is 1000. The number of sulfone groups is 1. The van der Waals surface area contributed by atoms with Gasteiger partial charge in [-0.25, -0.2) is 8.42 Å². The van der Waals surface area contributed by atoms with Gasteiger partial charge in [0, 0.05) is 17.9 Å². The number of benzene rings is 2. The second-order valence-electron chi connectivity index (χ2n) is 5.65. The quantitative estimate of drug-likeness (QED) is 0.546. The molecule has 0 aliphatic carbocycles. The fourth-order valence-electron chi connectivity index (χ4n) is 2.51. The summed E-state index contributed by atoms with van der Waals surface area (Å²) in [5.74, 6) is -2.13. The molecule has 0 aliphatic rings. The predicted octanol–water partition coefficient (Wildman–Crippen LogP) is 4.25. The third kappa shape index (κ3) is 4.19. The van der Waals surface area contributed by atoms with Crippen LogP contribution in [0.3, 0.4) is 0 Å². The number of halogens is 2. The first-order valence-corrected chi connectivity index (χ1v) is 10.7. The molecule has 27 heavy (non-hydrogen) atoms. The van der Waals surface area contributed by atoms with E-state index in [2.05, 4.69) is 10.2 Å². The molecule has 0 bridgehead atoms. The van der Waals surface area contributed by atoms with Crippen LogP contribution in [0.15, 0.2) is 64.6 Å². The maximum absolute atomic E-state index is 12.6. The minimum Gasteiger partial charge on any atom is -0.302 e. The molecule has 0 aliphatic heterocycles. The smallest absolute Gasteiger partial charge is 0.302 e. The van der Waals surface area contributed by atoms with E-state index in [0.29, 0.717) is 12.3 Å². The third-order valence-corrected chi connectivity index (χ3v) is 6.36. The average molecular weight is 409 g/mol. The topological polar surface area (TPSA) is 64.8 Å². The molecule has 5 nitrogen and oxygen atoms in total. The summed E-state index contributed by atoms with van der Waals surface area (Å²) in [6, 6.07) is 15.2. The zero-order chi connectivity index (χ0) is 19.4. The lowest BCUT2D eigenvalue weighted by molar-refractivity contribution is 0.234. The van der Waals surface area contributed by atoms with Crippen LogP contribution in [0.1, 0.15) is 12.5 Å². The van der Waals surface area contributed by atoms with Crippen LogP contribution < -0.4 is 0 Å². The Morgan fingerprint density at radius 3 is 2.30 bits per heavy atom. The Morgan fingerprint density at radius 2 is 1.70 bits per heavy atom. The van der Waals surface area contributed by atoms with Crippen LogP contribution in [0.25, 0.3) is 11.4 Å². The van der Waals surface area contributed by atoms with Gasteiger partial charge in [-0.2, -0.15) is 8.78 Å². The van der Waals surface area contributed by atoms with Crippen molar-refractivity contribution in [3.8, 4) is 11.4 Å². The van der Waals surface area contributed by atoms with Crippen molar-refractivity contribution in [2.24, 2.45) is 0 Å². The minimum atomic E-state index is -4.57. The Kier molecular flexibility index (Phi) is 5.91. The fourth-order valence-corrected chi connectivity index (χ4v) is 4.19. The molecule has 0 saturated heterocycles. The molecule has 0 radical (unpaired) electrons. The van der Waals surface area contributed by atoms with Gasteiger partial charge in [-0.3, -0.25) is 0 Å². The highest BCUT2D eigenvalue weighted by atomic mass is 32.2. The van der Waals surface area contributed by atoms with Gasteiger partial charge in [0.05, 0.1) is 4.90 Å². The molecular formula is C18H17F2N3O2S2. The van der Waals surface area contributed by atoms with Crippen molar-refractivity contribution in [2.45, 2.75) is 35.0 Å². The number of aromatic nitrogens is 3. The molecule has 9 heteroatoms. The Labute approximate surface area is 160 Å². The van der Waals surface area contributed by atoms with Crippen molar-refractivity contribution in [1.82, 2.24) is 14.8 Å². The second-order valence-corrected chi connectivity index (χ2v) is 8.52. The van der Waals surface area contributed by atoms with Gasteiger partial charge in [0.2, 0.25) is 9.84 Å². The van der Waals surface area contributed by atoms with Crippen LogP contribution in [0.2, 0.25) is 0 Å². The van der Waals surface area contributed by atoms with Crippen LogP contribution in [-0.4, -0.2) is 28.9 Å². The first kappa shape index (κ1) is 19.5. The number of thioether (sulfide) groups is 1. The van der Waals surface area contributed by atoms with E-state index < -0.39 is 15.6 Å². The van der Waals surface area contributed by atoms with Crippen molar-refractivity contribution in [3.05, 3.63) is 60.2 Å². The van der Waals surface area contributed by atoms with E-state index in [4.69, 9.17) is 0 Å². The first-order valence-electron chi connectivity index (χ1n) is 8.16. The molecule has 3 rings (SSSR count). The Morgan fingerprint density at radius 1 is 1.04 bits per heavy atom. The van der Waals surface area contributed by atoms with Crippen molar-refractivity contribution >= 4 is 21.6 Å². The highest BCUT2D eigenvalue weighted by Gasteiger charge is 2.26. The zero-order valence-corrected chi connectivity index (χ0v) is 16.1. The monoisotopic (exact) mass is 409 g/mol. The molecule has 0 atom stereocenters. The van der Waals surface area contributed by atoms with Gasteiger partial charge in [0.15, 0.2) is 11.0 Å². The van der Waals surface area contributed by atoms with Crippen molar-refractivity contribution < 1.29 is 17.2 Å². The molecule has 3 aromatic rings. The molecule has 142 valence electrons. The van der Waals surface area contributed by atoms with Gasteiger partial charge in [0.25, 0.3) is 0 Å². The molecule has 1 aromatic heterocycles. The van der Waals surface area contributed by atoms with Gasteiger partial charge in [0.1, 0.15) is 0 Å². The molecule has 2 aromatic carbocycles. The number of hydrogen-bond acceptors (Lipinski definition) is 5. The van der Waals surface area contributed by atoms with E-state index in [1.165, 1.54) is 36.0 Å². The summed E-state index contributed by atoms with van der Waals surface area (Å²) < 4.78 is 50.1. The van der Waals surface area contributed by atoms with Crippen molar-refractivity contribution in [2.75, 3.05) is 0 Å². The molecular weight excluding hydrogens is 392 g/mol. The number of rotatable bonds is 7. The predicted molar refractivity (Wildman–Crippen MR) is 100 cm³/mol. The molecule has 0 N–H and O–H groups in total. The minimum absolute atomic E-state index is 0.380. The fraction of sp³-hybridized carbons (Fsp3) is 0.222. The van der Waals surface area contributed by atoms with E-state index in [0.717, 1.165) is 22.1 Å². The normalized spacial score (nSPS) is 11.9. The maximum Gasteiger partial charge on any atom is 0.341 e. The van der Waals surface area contributed by atoms with Crippen LogP contribution in [0.5, 0.6) is 0 Å². The van der Waals surface area contributed by atoms with Gasteiger partial charge in [-0.1, -0.05) is 54.2 Å². The lowest BCUT2D eigenvalue weighted by atomic mass is 10.2. The number of hydrogen-bond donors (Lipinski definition) is 0. The summed E-state index contributed by atoms with van der Waals surface area (Å²) in [7, 11) is -4.57. The largest absolute Gasteiger partial charge is 0.341 e. The van der Waals surface area contributed by atoms with Crippen LogP contribution in [0.4, 0.5) is 8.78 Å². The Balaban J connectivity index is 1.75. The van der Waals surface area contributed by atoms with Gasteiger partial charge in [-0.15, -0.1) is 10.2 Å². The summed E-state index contributed by atoms with van der Waals surface area (Å²) in [4.78, 5) is -0.380. The molecule has 0 saturated carbocycles. The SMILES string of the molecule is CCn1c(SCc2ccc(S(=O)(=O)C(F)F)cc2)nnc1-c1ccccc1. The van der Waals surface area contributed by atoms with E-state index >= 15 is 0 Å². The van der Waals surface area contributed by atoms with Crippen LogP contribution in [0, 0.1) is 0 Å². The van der Waals surface area contributed by atoms with Gasteiger partial charge >= 0.3 is 5.76 Å². The third-order valence-electron chi connectivity index (χ3n) is 3.92. The van der Waals surface area contributed by atoms with E-state index in [9.17, 15) is 17.2 Å².